The summed E-state index contributed by atoms with van der Waals surface area (Å²) in [7, 11) is -3.96. The van der Waals surface area contributed by atoms with Gasteiger partial charge in [-0.25, -0.2) is 13.4 Å². The second-order valence-electron chi connectivity index (χ2n) is 7.86. The molecule has 3 rings (SSSR count). The van der Waals surface area contributed by atoms with Crippen molar-refractivity contribution in [2.24, 2.45) is 5.92 Å². The van der Waals surface area contributed by atoms with Gasteiger partial charge in [0.25, 0.3) is 5.91 Å². The van der Waals surface area contributed by atoms with Crippen LogP contribution in [0.4, 0.5) is 0 Å². The van der Waals surface area contributed by atoms with Crippen LogP contribution >= 0.6 is 11.3 Å². The minimum atomic E-state index is -3.96. The number of hydrogen-bond donors (Lipinski definition) is 3. The molecular formula is C21H26N4O5S2. The molecule has 32 heavy (non-hydrogen) atoms. The van der Waals surface area contributed by atoms with Crippen LogP contribution in [0.25, 0.3) is 0 Å². The van der Waals surface area contributed by atoms with Crippen molar-refractivity contribution in [2.45, 2.75) is 50.1 Å². The predicted molar refractivity (Wildman–Crippen MR) is 119 cm³/mol. The first kappa shape index (κ1) is 24.0. The molecule has 2 heterocycles. The highest BCUT2D eigenvalue weighted by molar-refractivity contribution is 7.89. The number of aromatic nitrogens is 1. The summed E-state index contributed by atoms with van der Waals surface area (Å²) in [4.78, 5) is 42.5. The van der Waals surface area contributed by atoms with Crippen molar-refractivity contribution in [3.05, 3.63) is 46.4 Å². The van der Waals surface area contributed by atoms with Crippen LogP contribution in [-0.2, 0) is 37.2 Å². The van der Waals surface area contributed by atoms with E-state index in [4.69, 9.17) is 0 Å². The van der Waals surface area contributed by atoms with Crippen molar-refractivity contribution in [1.29, 1.82) is 0 Å². The molecule has 1 aromatic heterocycles. The Balaban J connectivity index is 1.77. The lowest BCUT2D eigenvalue weighted by Gasteiger charge is -2.24. The van der Waals surface area contributed by atoms with Crippen molar-refractivity contribution >= 4 is 39.0 Å². The van der Waals surface area contributed by atoms with E-state index in [0.29, 0.717) is 12.8 Å². The number of amides is 2. The van der Waals surface area contributed by atoms with Crippen molar-refractivity contribution in [3.63, 3.8) is 0 Å². The van der Waals surface area contributed by atoms with Gasteiger partial charge in [-0.1, -0.05) is 32.0 Å². The first-order valence-corrected chi connectivity index (χ1v) is 12.7. The number of aryl methyl sites for hydroxylation is 1. The molecule has 1 aliphatic heterocycles. The number of carbonyl (C=O) groups is 3. The van der Waals surface area contributed by atoms with E-state index >= 15 is 0 Å². The highest BCUT2D eigenvalue weighted by Crippen LogP contribution is 2.15. The molecule has 0 saturated heterocycles. The molecule has 0 spiro atoms. The van der Waals surface area contributed by atoms with Crippen LogP contribution < -0.4 is 15.4 Å². The molecule has 0 saturated carbocycles. The van der Waals surface area contributed by atoms with E-state index < -0.39 is 45.6 Å². The van der Waals surface area contributed by atoms with Crippen LogP contribution in [0, 0.1) is 5.92 Å². The van der Waals surface area contributed by atoms with Crippen molar-refractivity contribution < 1.29 is 22.8 Å². The zero-order valence-corrected chi connectivity index (χ0v) is 19.5. The summed E-state index contributed by atoms with van der Waals surface area (Å²) in [5.74, 6) is -2.61. The van der Waals surface area contributed by atoms with Gasteiger partial charge in [-0.15, -0.1) is 11.3 Å². The highest BCUT2D eigenvalue weighted by Gasteiger charge is 2.33. The lowest BCUT2D eigenvalue weighted by Crippen LogP contribution is -2.55. The molecule has 2 atom stereocenters. The van der Waals surface area contributed by atoms with E-state index in [1.165, 1.54) is 23.5 Å². The Hall–Kier alpha value is -2.63. The second kappa shape index (κ2) is 10.3. The Bertz CT molecular complexity index is 1080. The maximum absolute atomic E-state index is 13.0. The lowest BCUT2D eigenvalue weighted by atomic mass is 10.0. The Morgan fingerprint density at radius 3 is 2.59 bits per heavy atom. The van der Waals surface area contributed by atoms with Crippen LogP contribution in [0.15, 0.2) is 40.6 Å². The van der Waals surface area contributed by atoms with Crippen molar-refractivity contribution in [2.75, 3.05) is 6.54 Å². The van der Waals surface area contributed by atoms with Gasteiger partial charge in [0.15, 0.2) is 0 Å². The first-order chi connectivity index (χ1) is 15.2. The van der Waals surface area contributed by atoms with E-state index in [0.717, 1.165) is 10.7 Å². The number of rotatable bonds is 6. The van der Waals surface area contributed by atoms with Crippen molar-refractivity contribution in [3.8, 4) is 0 Å². The fraction of sp³-hybridized carbons (Fsp3) is 0.429. The fourth-order valence-corrected chi connectivity index (χ4v) is 5.45. The Labute approximate surface area is 191 Å². The number of carbonyl (C=O) groups excluding carboxylic acids is 3. The first-order valence-electron chi connectivity index (χ1n) is 10.3. The van der Waals surface area contributed by atoms with E-state index in [9.17, 15) is 22.8 Å². The zero-order valence-electron chi connectivity index (χ0n) is 17.8. The largest absolute Gasteiger partial charge is 0.349 e. The lowest BCUT2D eigenvalue weighted by molar-refractivity contribution is -0.140. The summed E-state index contributed by atoms with van der Waals surface area (Å²) >= 11 is 1.48. The van der Waals surface area contributed by atoms with Crippen LogP contribution in [-0.4, -0.2) is 49.6 Å². The summed E-state index contributed by atoms with van der Waals surface area (Å²) in [5.41, 5.74) is 0.789. The third kappa shape index (κ3) is 5.99. The van der Waals surface area contributed by atoms with Crippen LogP contribution in [0.3, 0.4) is 0 Å². The van der Waals surface area contributed by atoms with Gasteiger partial charge in [-0.3, -0.25) is 14.4 Å². The molecule has 2 aromatic rings. The maximum Gasteiger partial charge on any atom is 0.289 e. The monoisotopic (exact) mass is 478 g/mol. The molecule has 11 heteroatoms. The number of sulfonamides is 1. The molecule has 0 aliphatic carbocycles. The van der Waals surface area contributed by atoms with Crippen LogP contribution in [0.2, 0.25) is 0 Å². The molecular weight excluding hydrogens is 452 g/mol. The molecule has 3 N–H and O–H groups in total. The summed E-state index contributed by atoms with van der Waals surface area (Å²) in [6, 6.07) is 5.50. The number of hydrogen-bond acceptors (Lipinski definition) is 7. The maximum atomic E-state index is 13.0. The van der Waals surface area contributed by atoms with Gasteiger partial charge < -0.3 is 10.6 Å². The molecule has 0 radical (unpaired) electrons. The number of nitrogens with zero attached hydrogens (tertiary/aromatic N) is 1. The third-order valence-electron chi connectivity index (χ3n) is 5.05. The van der Waals surface area contributed by atoms with Gasteiger partial charge in [-0.2, -0.15) is 4.72 Å². The molecule has 2 bridgehead atoms. The van der Waals surface area contributed by atoms with Gasteiger partial charge in [0, 0.05) is 18.3 Å². The summed E-state index contributed by atoms with van der Waals surface area (Å²) in [5, 5.41) is 7.91. The van der Waals surface area contributed by atoms with Gasteiger partial charge in [0.1, 0.15) is 6.04 Å². The quantitative estimate of drug-likeness (QED) is 0.526. The number of thiazole rings is 1. The van der Waals surface area contributed by atoms with Gasteiger partial charge >= 0.3 is 0 Å². The molecule has 2 amide bonds. The van der Waals surface area contributed by atoms with Gasteiger partial charge in [0.05, 0.1) is 21.6 Å². The number of fused-ring (bicyclic) bond motifs is 2. The predicted octanol–water partition coefficient (Wildman–Crippen LogP) is 0.805. The zero-order chi connectivity index (χ0) is 23.3. The van der Waals surface area contributed by atoms with E-state index in [2.05, 4.69) is 20.3 Å². The molecule has 1 aromatic carbocycles. The molecule has 1 aliphatic rings. The molecule has 172 valence electrons. The topological polar surface area (TPSA) is 134 Å². The fourth-order valence-electron chi connectivity index (χ4n) is 3.26. The van der Waals surface area contributed by atoms with Crippen LogP contribution in [0.1, 0.15) is 31.0 Å². The average molecular weight is 479 g/mol. The van der Waals surface area contributed by atoms with Crippen molar-refractivity contribution in [1.82, 2.24) is 20.3 Å². The summed E-state index contributed by atoms with van der Waals surface area (Å²) in [6.07, 6.45) is 1.11. The molecule has 2 unspecified atom stereocenters. The van der Waals surface area contributed by atoms with Gasteiger partial charge in [0.2, 0.25) is 21.7 Å². The number of benzene rings is 1. The minimum absolute atomic E-state index is 0.0307. The number of Topliss-reactive ketones (excluding diaryl/α,β-unsaturated/α-hetero) is 1. The number of nitrogens with one attached hydrogen (secondary N) is 3. The highest BCUT2D eigenvalue weighted by atomic mass is 32.2. The van der Waals surface area contributed by atoms with E-state index in [1.807, 2.05) is 5.38 Å². The summed E-state index contributed by atoms with van der Waals surface area (Å²) < 4.78 is 27.9. The standard InChI is InChI=1S/C21H26N4O5S2/c1-13(2)18(25-32(29,30)15-6-4-3-5-7-15)20(27)24-16-9-8-14-12-31-17(23-14)10-11-22-21(28)19(16)26/h3-7,12-13,16,18,25H,8-11H2,1-2H3,(H,22,28)(H,24,27). The molecule has 0 fully saturated rings. The second-order valence-corrected chi connectivity index (χ2v) is 10.5. The third-order valence-corrected chi connectivity index (χ3v) is 7.47. The Morgan fingerprint density at radius 1 is 1.19 bits per heavy atom. The Morgan fingerprint density at radius 2 is 1.91 bits per heavy atom. The molecule has 9 nitrogen and oxygen atoms in total. The van der Waals surface area contributed by atoms with Crippen LogP contribution in [0.5, 0.6) is 0 Å². The van der Waals surface area contributed by atoms with E-state index in [1.54, 1.807) is 32.0 Å². The minimum Gasteiger partial charge on any atom is -0.349 e. The van der Waals surface area contributed by atoms with Gasteiger partial charge in [-0.05, 0) is 30.9 Å². The Kier molecular flexibility index (Phi) is 7.75. The average Bonchev–Trinajstić information content (AvgIpc) is 3.21. The normalized spacial score (nSPS) is 18.5. The SMILES string of the molecule is CC(C)C(NS(=O)(=O)c1ccccc1)C(=O)NC1CCc2csc(n2)CCNC(=O)C1=O. The summed E-state index contributed by atoms with van der Waals surface area (Å²) in [6.45, 7) is 3.66. The smallest absolute Gasteiger partial charge is 0.289 e. The number of ketones is 1. The van der Waals surface area contributed by atoms with E-state index in [-0.39, 0.29) is 17.9 Å².